The summed E-state index contributed by atoms with van der Waals surface area (Å²) in [6.45, 7) is 5.35. The Bertz CT molecular complexity index is 514. The summed E-state index contributed by atoms with van der Waals surface area (Å²) < 4.78 is 11.0. The van der Waals surface area contributed by atoms with Crippen molar-refractivity contribution in [2.75, 3.05) is 13.2 Å². The van der Waals surface area contributed by atoms with Crippen LogP contribution >= 0.6 is 0 Å². The maximum absolute atomic E-state index is 12.6. The molecule has 0 aliphatic heterocycles. The van der Waals surface area contributed by atoms with E-state index in [1.807, 2.05) is 12.2 Å². The van der Waals surface area contributed by atoms with Crippen LogP contribution in [0.25, 0.3) is 0 Å². The molecule has 2 atom stereocenters. The second-order valence-electron chi connectivity index (χ2n) is 9.79. The number of hydrogen-bond donors (Lipinski definition) is 0. The molecule has 33 heavy (non-hydrogen) atoms. The van der Waals surface area contributed by atoms with Crippen LogP contribution in [0.3, 0.4) is 0 Å². The number of esters is 2. The maximum atomic E-state index is 12.6. The second kappa shape index (κ2) is 21.2. The van der Waals surface area contributed by atoms with Gasteiger partial charge in [-0.3, -0.25) is 9.59 Å². The first-order chi connectivity index (χ1) is 16.2. The summed E-state index contributed by atoms with van der Waals surface area (Å²) in [4.78, 5) is 25.1. The van der Waals surface area contributed by atoms with E-state index in [1.165, 1.54) is 70.6 Å². The SMILES string of the molecule is CCCCCCCCCCCCCCCOC(=O)C1CC=CCC1C(=O)OCCCCCC. The highest BCUT2D eigenvalue weighted by atomic mass is 16.5. The van der Waals surface area contributed by atoms with Gasteiger partial charge in [0.05, 0.1) is 25.0 Å². The lowest BCUT2D eigenvalue weighted by atomic mass is 9.83. The van der Waals surface area contributed by atoms with Gasteiger partial charge in [0.25, 0.3) is 0 Å². The zero-order chi connectivity index (χ0) is 24.0. The fourth-order valence-corrected chi connectivity index (χ4v) is 4.54. The number of carbonyl (C=O) groups is 2. The average Bonchev–Trinajstić information content (AvgIpc) is 2.83. The van der Waals surface area contributed by atoms with Crippen molar-refractivity contribution in [1.29, 1.82) is 0 Å². The highest BCUT2D eigenvalue weighted by molar-refractivity contribution is 5.82. The average molecular weight is 465 g/mol. The van der Waals surface area contributed by atoms with Crippen molar-refractivity contribution in [2.24, 2.45) is 11.8 Å². The normalized spacial score (nSPS) is 17.8. The Balaban J connectivity index is 2.06. The molecule has 2 unspecified atom stereocenters. The van der Waals surface area contributed by atoms with E-state index in [2.05, 4.69) is 13.8 Å². The van der Waals surface area contributed by atoms with E-state index in [0.29, 0.717) is 26.1 Å². The Morgan fingerprint density at radius 2 is 0.848 bits per heavy atom. The zero-order valence-electron chi connectivity index (χ0n) is 21.8. The molecule has 192 valence electrons. The number of unbranched alkanes of at least 4 members (excludes halogenated alkanes) is 15. The van der Waals surface area contributed by atoms with Crippen LogP contribution in [0.2, 0.25) is 0 Å². The van der Waals surface area contributed by atoms with E-state index in [9.17, 15) is 9.59 Å². The van der Waals surface area contributed by atoms with Crippen molar-refractivity contribution in [3.63, 3.8) is 0 Å². The number of hydrogen-bond acceptors (Lipinski definition) is 4. The monoisotopic (exact) mass is 464 g/mol. The quantitative estimate of drug-likeness (QED) is 0.0973. The summed E-state index contributed by atoms with van der Waals surface area (Å²) >= 11 is 0. The van der Waals surface area contributed by atoms with Gasteiger partial charge in [-0.1, -0.05) is 122 Å². The van der Waals surface area contributed by atoms with Gasteiger partial charge in [-0.05, 0) is 25.7 Å². The minimum atomic E-state index is -0.389. The molecule has 0 saturated heterocycles. The summed E-state index contributed by atoms with van der Waals surface area (Å²) in [5.74, 6) is -1.24. The molecule has 0 heterocycles. The van der Waals surface area contributed by atoms with Gasteiger partial charge in [-0.2, -0.15) is 0 Å². The summed E-state index contributed by atoms with van der Waals surface area (Å²) in [6, 6.07) is 0. The van der Waals surface area contributed by atoms with Gasteiger partial charge in [0, 0.05) is 0 Å². The standard InChI is InChI=1S/C29H52O4/c1-3-5-7-9-10-11-12-13-14-15-16-17-21-25-33-29(31)27-23-19-18-22-26(27)28(30)32-24-20-8-6-4-2/h18-19,26-27H,3-17,20-25H2,1-2H3. The van der Waals surface area contributed by atoms with Gasteiger partial charge >= 0.3 is 11.9 Å². The molecule has 0 aromatic rings. The predicted octanol–water partition coefficient (Wildman–Crippen LogP) is 8.33. The Kier molecular flexibility index (Phi) is 19.1. The third-order valence-electron chi connectivity index (χ3n) is 6.77. The van der Waals surface area contributed by atoms with Crippen LogP contribution in [0.4, 0.5) is 0 Å². The summed E-state index contributed by atoms with van der Waals surface area (Å²) in [5, 5.41) is 0. The molecule has 1 aliphatic rings. The van der Waals surface area contributed by atoms with Gasteiger partial charge < -0.3 is 9.47 Å². The number of ether oxygens (including phenoxy) is 2. The van der Waals surface area contributed by atoms with Gasteiger partial charge in [0.15, 0.2) is 0 Å². The highest BCUT2D eigenvalue weighted by Crippen LogP contribution is 2.28. The molecule has 0 N–H and O–H groups in total. The van der Waals surface area contributed by atoms with Gasteiger partial charge in [0.1, 0.15) is 0 Å². The summed E-state index contributed by atoms with van der Waals surface area (Å²) in [7, 11) is 0. The Labute approximate surface area is 204 Å². The Morgan fingerprint density at radius 1 is 0.545 bits per heavy atom. The lowest BCUT2D eigenvalue weighted by Crippen LogP contribution is -2.34. The Morgan fingerprint density at radius 3 is 1.21 bits per heavy atom. The molecular weight excluding hydrogens is 412 g/mol. The molecule has 4 nitrogen and oxygen atoms in total. The molecule has 0 saturated carbocycles. The number of allylic oxidation sites excluding steroid dienone is 2. The van der Waals surface area contributed by atoms with Crippen molar-refractivity contribution >= 4 is 11.9 Å². The van der Waals surface area contributed by atoms with E-state index in [-0.39, 0.29) is 23.8 Å². The van der Waals surface area contributed by atoms with Crippen LogP contribution in [0.5, 0.6) is 0 Å². The predicted molar refractivity (Wildman–Crippen MR) is 137 cm³/mol. The first-order valence-electron chi connectivity index (χ1n) is 14.2. The van der Waals surface area contributed by atoms with Crippen molar-refractivity contribution in [3.05, 3.63) is 12.2 Å². The van der Waals surface area contributed by atoms with Crippen LogP contribution in [-0.4, -0.2) is 25.2 Å². The molecule has 0 fully saturated rings. The van der Waals surface area contributed by atoms with E-state index < -0.39 is 0 Å². The van der Waals surface area contributed by atoms with Crippen LogP contribution in [0, 0.1) is 11.8 Å². The second-order valence-corrected chi connectivity index (χ2v) is 9.79. The third-order valence-corrected chi connectivity index (χ3v) is 6.77. The largest absolute Gasteiger partial charge is 0.465 e. The van der Waals surface area contributed by atoms with Crippen LogP contribution in [0.15, 0.2) is 12.2 Å². The zero-order valence-corrected chi connectivity index (χ0v) is 21.8. The Hall–Kier alpha value is -1.32. The van der Waals surface area contributed by atoms with Gasteiger partial charge in [-0.15, -0.1) is 0 Å². The molecule has 0 radical (unpaired) electrons. The number of carbonyl (C=O) groups excluding carboxylic acids is 2. The molecule has 0 aromatic heterocycles. The van der Waals surface area contributed by atoms with Gasteiger partial charge in [0.2, 0.25) is 0 Å². The van der Waals surface area contributed by atoms with E-state index >= 15 is 0 Å². The van der Waals surface area contributed by atoms with Crippen molar-refractivity contribution in [1.82, 2.24) is 0 Å². The van der Waals surface area contributed by atoms with Crippen molar-refractivity contribution in [3.8, 4) is 0 Å². The molecule has 4 heteroatoms. The van der Waals surface area contributed by atoms with E-state index in [0.717, 1.165) is 38.5 Å². The number of rotatable bonds is 21. The fraction of sp³-hybridized carbons (Fsp3) is 0.862. The van der Waals surface area contributed by atoms with Crippen LogP contribution < -0.4 is 0 Å². The molecule has 1 rings (SSSR count). The molecular formula is C29H52O4. The molecule has 0 aromatic carbocycles. The van der Waals surface area contributed by atoms with Crippen molar-refractivity contribution < 1.29 is 19.1 Å². The highest BCUT2D eigenvalue weighted by Gasteiger charge is 2.36. The lowest BCUT2D eigenvalue weighted by Gasteiger charge is -2.25. The summed E-state index contributed by atoms with van der Waals surface area (Å²) in [6.07, 6.45) is 26.3. The minimum Gasteiger partial charge on any atom is -0.465 e. The smallest absolute Gasteiger partial charge is 0.310 e. The first-order valence-corrected chi connectivity index (χ1v) is 14.2. The van der Waals surface area contributed by atoms with Crippen LogP contribution in [0.1, 0.15) is 136 Å². The molecule has 0 amide bonds. The lowest BCUT2D eigenvalue weighted by molar-refractivity contribution is -0.161. The maximum Gasteiger partial charge on any atom is 0.310 e. The fourth-order valence-electron chi connectivity index (χ4n) is 4.54. The van der Waals surface area contributed by atoms with Crippen molar-refractivity contribution in [2.45, 2.75) is 136 Å². The first kappa shape index (κ1) is 29.7. The van der Waals surface area contributed by atoms with E-state index in [4.69, 9.17) is 9.47 Å². The topological polar surface area (TPSA) is 52.6 Å². The minimum absolute atomic E-state index is 0.230. The van der Waals surface area contributed by atoms with Crippen LogP contribution in [-0.2, 0) is 19.1 Å². The molecule has 1 aliphatic carbocycles. The van der Waals surface area contributed by atoms with E-state index in [1.54, 1.807) is 0 Å². The third kappa shape index (κ3) is 15.2. The summed E-state index contributed by atoms with van der Waals surface area (Å²) in [5.41, 5.74) is 0. The molecule has 0 spiro atoms. The molecule has 0 bridgehead atoms. The van der Waals surface area contributed by atoms with Gasteiger partial charge in [-0.25, -0.2) is 0 Å².